The largest absolute Gasteiger partial charge is 1.00 e. The molecule has 56 valence electrons. The normalized spacial score (nSPS) is 6.91. The van der Waals surface area contributed by atoms with Crippen molar-refractivity contribution in [3.63, 3.8) is 0 Å². The summed E-state index contributed by atoms with van der Waals surface area (Å²) in [5.41, 5.74) is 0. The van der Waals surface area contributed by atoms with Crippen molar-refractivity contribution in [2.75, 3.05) is 0 Å². The first-order valence-electron chi connectivity index (χ1n) is 1.73. The molecule has 5 nitrogen and oxygen atoms in total. The summed E-state index contributed by atoms with van der Waals surface area (Å²) in [6.45, 7) is 0. The van der Waals surface area contributed by atoms with Crippen molar-refractivity contribution in [1.29, 1.82) is 0 Å². The van der Waals surface area contributed by atoms with E-state index in [0.717, 1.165) is 0 Å². The second-order valence-electron chi connectivity index (χ2n) is 0.971. The fourth-order valence-corrected chi connectivity index (χ4v) is 0.136. The maximum Gasteiger partial charge on any atom is 1.00 e. The summed E-state index contributed by atoms with van der Waals surface area (Å²) in [5, 5.41) is 18.8. The van der Waals surface area contributed by atoms with Crippen molar-refractivity contribution in [3.8, 4) is 0 Å². The molecule has 2 N–H and O–H groups in total. The van der Waals surface area contributed by atoms with E-state index in [1.807, 2.05) is 0 Å². The Bertz CT molecular complexity index is 135. The fourth-order valence-electron chi connectivity index (χ4n) is 0.136. The van der Waals surface area contributed by atoms with Gasteiger partial charge in [-0.2, -0.15) is 0 Å². The molecule has 0 aromatic carbocycles. The Morgan fingerprint density at radius 3 is 1.27 bits per heavy atom. The van der Waals surface area contributed by atoms with Gasteiger partial charge in [-0.1, -0.05) is 0 Å². The number of carboxylic acid groups (broad SMARTS) is 2. The Labute approximate surface area is 110 Å². The van der Waals surface area contributed by atoms with Crippen molar-refractivity contribution in [2.45, 2.75) is 0 Å². The third-order valence-corrected chi connectivity index (χ3v) is 0.355. The average Bonchev–Trinajstić information content (AvgIpc) is 1.61. The van der Waals surface area contributed by atoms with Crippen LogP contribution in [-0.2, 0) is 9.59 Å². The van der Waals surface area contributed by atoms with Crippen molar-refractivity contribution >= 4 is 11.9 Å². The molecule has 0 saturated carbocycles. The summed E-state index contributed by atoms with van der Waals surface area (Å²) in [7, 11) is 0. The summed E-state index contributed by atoms with van der Waals surface area (Å²) < 4.78 is 0. The Hall–Kier alpha value is 0.640. The molecule has 0 rings (SSSR count). The van der Waals surface area contributed by atoms with Crippen LogP contribution in [0.3, 0.4) is 0 Å². The maximum absolute atomic E-state index is 9.41. The van der Waals surface area contributed by atoms with Crippen LogP contribution in [0.15, 0.2) is 12.2 Å². The van der Waals surface area contributed by atoms with E-state index in [0.29, 0.717) is 12.2 Å². The molecule has 0 aliphatic carbocycles. The Kier molecular flexibility index (Phi) is 27.2. The zero-order chi connectivity index (χ0) is 6.57. The maximum atomic E-state index is 9.41. The first kappa shape index (κ1) is 22.6. The van der Waals surface area contributed by atoms with Crippen LogP contribution < -0.4 is 69.3 Å². The zero-order valence-corrected chi connectivity index (χ0v) is 10.3. The van der Waals surface area contributed by atoms with E-state index in [1.165, 1.54) is 0 Å². The van der Waals surface area contributed by atoms with E-state index in [4.69, 9.17) is 0 Å². The third-order valence-electron chi connectivity index (χ3n) is 0.355. The monoisotopic (exact) mass is 180 g/mol. The predicted molar refractivity (Wildman–Crippen MR) is 25.0 cm³/mol. The molecule has 0 fully saturated rings. The minimum absolute atomic E-state index is 0. The molecule has 7 heteroatoms. The number of hydrogen-bond acceptors (Lipinski definition) is 4. The molecule has 0 heterocycles. The van der Waals surface area contributed by atoms with Gasteiger partial charge in [0.15, 0.2) is 0 Å². The predicted octanol–water partition coefficient (Wildman–Crippen LogP) is -9.55. The van der Waals surface area contributed by atoms with Crippen LogP contribution in [0.2, 0.25) is 0 Å². The Morgan fingerprint density at radius 1 is 1.00 bits per heavy atom. The molecule has 11 heavy (non-hydrogen) atoms. The summed E-state index contributed by atoms with van der Waals surface area (Å²) in [6.07, 6.45) is 0.769. The molecule has 0 aliphatic rings. The van der Waals surface area contributed by atoms with Gasteiger partial charge in [0.25, 0.3) is 0 Å². The molecular formula is C4H6Na2O5-2. The summed E-state index contributed by atoms with van der Waals surface area (Å²) in [6, 6.07) is 0. The minimum Gasteiger partial charge on any atom is -1.00 e. The number of carbonyl (C=O) groups is 2. The minimum atomic E-state index is -1.55. The molecule has 0 unspecified atom stereocenters. The van der Waals surface area contributed by atoms with Crippen LogP contribution in [0.25, 0.3) is 0 Å². The van der Waals surface area contributed by atoms with Crippen LogP contribution >= 0.6 is 0 Å². The summed E-state index contributed by atoms with van der Waals surface area (Å²) in [5.74, 6) is -3.09. The van der Waals surface area contributed by atoms with Crippen molar-refractivity contribution < 1.29 is 87.2 Å². The summed E-state index contributed by atoms with van der Waals surface area (Å²) >= 11 is 0. The SMILES string of the molecule is O.O=C([O-])/C=C\C(=O)[O-].[H-].[H-].[Na+].[Na+]. The average molecular weight is 180 g/mol. The molecule has 0 bridgehead atoms. The van der Waals surface area contributed by atoms with Gasteiger partial charge >= 0.3 is 59.1 Å². The van der Waals surface area contributed by atoms with Gasteiger partial charge in [0.05, 0.1) is 11.9 Å². The van der Waals surface area contributed by atoms with Crippen LogP contribution in [0.5, 0.6) is 0 Å². The summed E-state index contributed by atoms with van der Waals surface area (Å²) in [4.78, 5) is 18.8. The van der Waals surface area contributed by atoms with Crippen LogP contribution in [0.4, 0.5) is 0 Å². The second kappa shape index (κ2) is 13.2. The van der Waals surface area contributed by atoms with Gasteiger partial charge in [0.2, 0.25) is 0 Å². The van der Waals surface area contributed by atoms with Gasteiger partial charge in [0, 0.05) is 0 Å². The van der Waals surface area contributed by atoms with Gasteiger partial charge in [-0.3, -0.25) is 0 Å². The standard InChI is InChI=1S/C4H4O4.2Na.H2O.2H/c5-3(6)1-2-4(7)8;;;;;/h1-2H,(H,5,6)(H,7,8);;;1H2;;/q;2*+1;;2*-1/p-2/b2-1-;;;;;. The first-order valence-corrected chi connectivity index (χ1v) is 1.73. The molecular weight excluding hydrogens is 174 g/mol. The third kappa shape index (κ3) is 25.0. The molecule has 0 radical (unpaired) electrons. The van der Waals surface area contributed by atoms with E-state index < -0.39 is 11.9 Å². The molecule has 0 amide bonds. The van der Waals surface area contributed by atoms with Crippen molar-refractivity contribution in [2.24, 2.45) is 0 Å². The number of aliphatic carboxylic acids is 2. The quantitative estimate of drug-likeness (QED) is 0.310. The molecule has 0 spiro atoms. The Balaban J connectivity index is -0.0000000245. The number of carbonyl (C=O) groups excluding carboxylic acids is 2. The number of hydrogen-bond donors (Lipinski definition) is 0. The van der Waals surface area contributed by atoms with E-state index in [2.05, 4.69) is 0 Å². The van der Waals surface area contributed by atoms with Gasteiger partial charge in [-0.05, 0) is 12.2 Å². The molecule has 0 aromatic rings. The van der Waals surface area contributed by atoms with Gasteiger partial charge in [0.1, 0.15) is 0 Å². The fraction of sp³-hybridized carbons (Fsp3) is 0. The van der Waals surface area contributed by atoms with E-state index in [-0.39, 0.29) is 67.4 Å². The van der Waals surface area contributed by atoms with Crippen LogP contribution in [0.1, 0.15) is 2.85 Å². The van der Waals surface area contributed by atoms with E-state index >= 15 is 0 Å². The second-order valence-corrected chi connectivity index (χ2v) is 0.971. The van der Waals surface area contributed by atoms with Gasteiger partial charge < -0.3 is 28.1 Å². The molecule has 0 aliphatic heterocycles. The first-order chi connectivity index (χ1) is 3.63. The van der Waals surface area contributed by atoms with Gasteiger partial charge in [-0.25, -0.2) is 0 Å². The van der Waals surface area contributed by atoms with Crippen LogP contribution in [0, 0.1) is 0 Å². The topological polar surface area (TPSA) is 112 Å². The van der Waals surface area contributed by atoms with Gasteiger partial charge in [-0.15, -0.1) is 0 Å². The Morgan fingerprint density at radius 2 is 1.18 bits per heavy atom. The van der Waals surface area contributed by atoms with Crippen molar-refractivity contribution in [3.05, 3.63) is 12.2 Å². The van der Waals surface area contributed by atoms with E-state index in [1.54, 1.807) is 0 Å². The van der Waals surface area contributed by atoms with Crippen LogP contribution in [-0.4, -0.2) is 17.4 Å². The molecule has 0 atom stereocenters. The number of rotatable bonds is 2. The smallest absolute Gasteiger partial charge is 1.00 e. The zero-order valence-electron chi connectivity index (χ0n) is 8.29. The van der Waals surface area contributed by atoms with Crippen molar-refractivity contribution in [1.82, 2.24) is 0 Å². The number of carboxylic acids is 2. The van der Waals surface area contributed by atoms with E-state index in [9.17, 15) is 19.8 Å². The molecule has 0 saturated heterocycles. The molecule has 0 aromatic heterocycles.